The van der Waals surface area contributed by atoms with Gasteiger partial charge in [-0.3, -0.25) is 10.1 Å². The SMILES string of the molecule is CC(C)c1cccc2c1NC(c1cc([N+](=O)[O-])ccc1O)C1CC=CC21. The number of benzene rings is 2. The third-order valence-electron chi connectivity index (χ3n) is 5.61. The number of allylic oxidation sites excluding steroid dienone is 2. The zero-order chi connectivity index (χ0) is 18.4. The van der Waals surface area contributed by atoms with Crippen LogP contribution in [-0.2, 0) is 0 Å². The van der Waals surface area contributed by atoms with E-state index in [1.807, 2.05) is 0 Å². The van der Waals surface area contributed by atoms with E-state index in [1.165, 1.54) is 29.3 Å². The van der Waals surface area contributed by atoms with Gasteiger partial charge < -0.3 is 10.4 Å². The summed E-state index contributed by atoms with van der Waals surface area (Å²) in [7, 11) is 0. The van der Waals surface area contributed by atoms with Crippen molar-refractivity contribution >= 4 is 11.4 Å². The van der Waals surface area contributed by atoms with E-state index in [9.17, 15) is 15.2 Å². The average molecular weight is 350 g/mol. The van der Waals surface area contributed by atoms with Gasteiger partial charge in [-0.05, 0) is 35.4 Å². The second-order valence-electron chi connectivity index (χ2n) is 7.44. The monoisotopic (exact) mass is 350 g/mol. The first-order chi connectivity index (χ1) is 12.5. The van der Waals surface area contributed by atoms with Crippen LogP contribution in [0.15, 0.2) is 48.6 Å². The van der Waals surface area contributed by atoms with Gasteiger partial charge in [0.2, 0.25) is 0 Å². The van der Waals surface area contributed by atoms with Crippen LogP contribution < -0.4 is 5.32 Å². The fourth-order valence-electron chi connectivity index (χ4n) is 4.34. The maximum absolute atomic E-state index is 11.2. The standard InChI is InChI=1S/C21H22N2O3/c1-12(2)14-5-3-7-16-15-6-4-8-17(15)21(22-20(14)16)18-11-13(23(25)26)9-10-19(18)24/h3-7,9-12,15,17,21-22,24H,8H2,1-2H3. The lowest BCUT2D eigenvalue weighted by Crippen LogP contribution is -2.30. The van der Waals surface area contributed by atoms with E-state index in [4.69, 9.17) is 0 Å². The number of rotatable bonds is 3. The van der Waals surface area contributed by atoms with Gasteiger partial charge in [0.05, 0.1) is 11.0 Å². The number of aromatic hydroxyl groups is 1. The average Bonchev–Trinajstić information content (AvgIpc) is 3.10. The van der Waals surface area contributed by atoms with E-state index in [0.29, 0.717) is 11.5 Å². The highest BCUT2D eigenvalue weighted by molar-refractivity contribution is 5.66. The van der Waals surface area contributed by atoms with Gasteiger partial charge in [0, 0.05) is 29.3 Å². The lowest BCUT2D eigenvalue weighted by Gasteiger charge is -2.39. The lowest BCUT2D eigenvalue weighted by atomic mass is 9.75. The number of non-ortho nitro benzene ring substituents is 1. The molecule has 0 saturated heterocycles. The quantitative estimate of drug-likeness (QED) is 0.450. The Balaban J connectivity index is 1.85. The van der Waals surface area contributed by atoms with Crippen LogP contribution in [-0.4, -0.2) is 10.0 Å². The molecular weight excluding hydrogens is 328 g/mol. The molecule has 4 rings (SSSR count). The number of nitrogens with zero attached hydrogens (tertiary/aromatic N) is 1. The van der Waals surface area contributed by atoms with Gasteiger partial charge in [-0.25, -0.2) is 0 Å². The summed E-state index contributed by atoms with van der Waals surface area (Å²) in [6.45, 7) is 4.32. The molecule has 2 aromatic carbocycles. The number of para-hydroxylation sites is 1. The van der Waals surface area contributed by atoms with Crippen molar-refractivity contribution in [3.8, 4) is 5.75 Å². The number of fused-ring (bicyclic) bond motifs is 3. The van der Waals surface area contributed by atoms with Gasteiger partial charge in [-0.2, -0.15) is 0 Å². The molecule has 134 valence electrons. The molecule has 5 heteroatoms. The van der Waals surface area contributed by atoms with Crippen LogP contribution in [0.4, 0.5) is 11.4 Å². The Morgan fingerprint density at radius 3 is 2.77 bits per heavy atom. The minimum Gasteiger partial charge on any atom is -0.508 e. The molecule has 5 nitrogen and oxygen atoms in total. The summed E-state index contributed by atoms with van der Waals surface area (Å²) in [6, 6.07) is 10.5. The molecule has 1 heterocycles. The molecular formula is C21H22N2O3. The first-order valence-corrected chi connectivity index (χ1v) is 9.00. The van der Waals surface area contributed by atoms with Gasteiger partial charge >= 0.3 is 0 Å². The van der Waals surface area contributed by atoms with Crippen molar-refractivity contribution in [1.29, 1.82) is 0 Å². The Hall–Kier alpha value is -2.82. The van der Waals surface area contributed by atoms with Crippen LogP contribution in [0, 0.1) is 16.0 Å². The van der Waals surface area contributed by atoms with Gasteiger partial charge in [-0.1, -0.05) is 44.2 Å². The highest BCUT2D eigenvalue weighted by Gasteiger charge is 2.40. The minimum absolute atomic E-state index is 0.00467. The summed E-state index contributed by atoms with van der Waals surface area (Å²) >= 11 is 0. The first-order valence-electron chi connectivity index (χ1n) is 9.00. The lowest BCUT2D eigenvalue weighted by molar-refractivity contribution is -0.385. The summed E-state index contributed by atoms with van der Waals surface area (Å²) < 4.78 is 0. The molecule has 1 aliphatic carbocycles. The van der Waals surface area contributed by atoms with Gasteiger partial charge in [0.25, 0.3) is 5.69 Å². The number of phenols is 1. The fourth-order valence-corrected chi connectivity index (χ4v) is 4.34. The van der Waals surface area contributed by atoms with E-state index in [1.54, 1.807) is 0 Å². The third kappa shape index (κ3) is 2.55. The Labute approximate surface area is 152 Å². The van der Waals surface area contributed by atoms with Gasteiger partial charge in [0.1, 0.15) is 5.75 Å². The second-order valence-corrected chi connectivity index (χ2v) is 7.44. The van der Waals surface area contributed by atoms with E-state index >= 15 is 0 Å². The highest BCUT2D eigenvalue weighted by Crippen LogP contribution is 2.52. The summed E-state index contributed by atoms with van der Waals surface area (Å²) in [5, 5.41) is 25.3. The predicted molar refractivity (Wildman–Crippen MR) is 102 cm³/mol. The molecule has 0 aromatic heterocycles. The Kier molecular flexibility index (Phi) is 3.94. The number of nitro benzene ring substituents is 1. The number of phenolic OH excluding ortho intramolecular Hbond substituents is 1. The molecule has 2 N–H and O–H groups in total. The number of hydrogen-bond donors (Lipinski definition) is 2. The van der Waals surface area contributed by atoms with Crippen molar-refractivity contribution in [3.05, 3.63) is 75.4 Å². The summed E-state index contributed by atoms with van der Waals surface area (Å²) in [5.74, 6) is 0.953. The van der Waals surface area contributed by atoms with E-state index in [-0.39, 0.29) is 29.3 Å². The number of hydrogen-bond acceptors (Lipinski definition) is 4. The van der Waals surface area contributed by atoms with Crippen LogP contribution in [0.2, 0.25) is 0 Å². The smallest absolute Gasteiger partial charge is 0.270 e. The van der Waals surface area contributed by atoms with Gasteiger partial charge in [0.15, 0.2) is 0 Å². The molecule has 26 heavy (non-hydrogen) atoms. The van der Waals surface area contributed by atoms with E-state index in [0.717, 1.165) is 12.1 Å². The van der Waals surface area contributed by atoms with Gasteiger partial charge in [-0.15, -0.1) is 0 Å². The predicted octanol–water partition coefficient (Wildman–Crippen LogP) is 5.25. The molecule has 3 atom stereocenters. The molecule has 0 bridgehead atoms. The van der Waals surface area contributed by atoms with Crippen molar-refractivity contribution in [3.63, 3.8) is 0 Å². The molecule has 0 amide bonds. The van der Waals surface area contributed by atoms with Crippen molar-refractivity contribution < 1.29 is 10.0 Å². The Bertz CT molecular complexity index is 904. The second kappa shape index (κ2) is 6.16. The third-order valence-corrected chi connectivity index (χ3v) is 5.61. The van der Waals surface area contributed by atoms with Crippen molar-refractivity contribution in [2.24, 2.45) is 5.92 Å². The topological polar surface area (TPSA) is 75.4 Å². The van der Waals surface area contributed by atoms with E-state index in [2.05, 4.69) is 49.5 Å². The van der Waals surface area contributed by atoms with Crippen LogP contribution in [0.3, 0.4) is 0 Å². The minimum atomic E-state index is -0.413. The van der Waals surface area contributed by atoms with Crippen LogP contribution in [0.1, 0.15) is 54.8 Å². The van der Waals surface area contributed by atoms with Crippen LogP contribution in [0.5, 0.6) is 5.75 Å². The summed E-state index contributed by atoms with van der Waals surface area (Å²) in [6.07, 6.45) is 5.29. The summed E-state index contributed by atoms with van der Waals surface area (Å²) in [4.78, 5) is 10.8. The highest BCUT2D eigenvalue weighted by atomic mass is 16.6. The molecule has 3 unspecified atom stereocenters. The number of anilines is 1. The molecule has 1 aliphatic heterocycles. The molecule has 0 radical (unpaired) electrons. The molecule has 0 fully saturated rings. The fraction of sp³-hybridized carbons (Fsp3) is 0.333. The van der Waals surface area contributed by atoms with Crippen molar-refractivity contribution in [1.82, 2.24) is 0 Å². The largest absolute Gasteiger partial charge is 0.508 e. The Morgan fingerprint density at radius 1 is 1.23 bits per heavy atom. The van der Waals surface area contributed by atoms with E-state index < -0.39 is 4.92 Å². The normalized spacial score (nSPS) is 23.4. The number of nitrogens with one attached hydrogen (secondary N) is 1. The Morgan fingerprint density at radius 2 is 2.04 bits per heavy atom. The maximum Gasteiger partial charge on any atom is 0.270 e. The summed E-state index contributed by atoms with van der Waals surface area (Å²) in [5.41, 5.74) is 4.21. The van der Waals surface area contributed by atoms with Crippen molar-refractivity contribution in [2.75, 3.05) is 5.32 Å². The van der Waals surface area contributed by atoms with Crippen molar-refractivity contribution in [2.45, 2.75) is 38.1 Å². The number of nitro groups is 1. The molecule has 2 aliphatic rings. The maximum atomic E-state index is 11.2. The zero-order valence-electron chi connectivity index (χ0n) is 14.8. The zero-order valence-corrected chi connectivity index (χ0v) is 14.8. The molecule has 2 aromatic rings. The molecule has 0 saturated carbocycles. The molecule has 0 spiro atoms. The van der Waals surface area contributed by atoms with Crippen LogP contribution in [0.25, 0.3) is 0 Å². The first kappa shape index (κ1) is 16.6. The van der Waals surface area contributed by atoms with Crippen LogP contribution >= 0.6 is 0 Å².